The normalized spacial score (nSPS) is 38.6. The number of esters is 1. The molecule has 1 aliphatic carbocycles. The molecule has 2 bridgehead atoms. The van der Waals surface area contributed by atoms with Crippen molar-refractivity contribution in [2.75, 3.05) is 27.9 Å². The number of aliphatic hydroxyl groups excluding tert-OH is 2. The number of aliphatic hydroxyl groups is 3. The van der Waals surface area contributed by atoms with Crippen LogP contribution in [0.15, 0.2) is 102 Å². The van der Waals surface area contributed by atoms with Gasteiger partial charge in [0.1, 0.15) is 59.3 Å². The van der Waals surface area contributed by atoms with Gasteiger partial charge in [-0.2, -0.15) is 0 Å². The third-order valence-electron chi connectivity index (χ3n) is 17.1. The van der Waals surface area contributed by atoms with E-state index >= 15 is 0 Å². The SMILES string of the molecule is CCC(C)C1OC2(C=CC1C)CC1CC(CC=C(C)C(OC3CC(OC)C(OC4CC(OC)C(O)C(C)O4)C(C)O3)C(C)C=CC=C3COC4C(O)C(C)=CC(C(=O)O1)C34O)O2.COc1ccc(C(=O)c2ccccc2O)c(O)c1. The Balaban J connectivity index is 0.000000395. The highest BCUT2D eigenvalue weighted by Crippen LogP contribution is 2.47. The number of methoxy groups -OCH3 is 3. The van der Waals surface area contributed by atoms with E-state index in [1.807, 2.05) is 32.1 Å². The molecule has 7 aliphatic rings. The summed E-state index contributed by atoms with van der Waals surface area (Å²) in [7, 11) is 4.69. The van der Waals surface area contributed by atoms with Crippen molar-refractivity contribution in [3.05, 3.63) is 113 Å². The minimum atomic E-state index is -1.84. The summed E-state index contributed by atoms with van der Waals surface area (Å²) < 4.78 is 68.6. The number of fused-ring (bicyclic) bond motifs is 2. The first-order chi connectivity index (χ1) is 38.1. The molecule has 0 radical (unpaired) electrons. The summed E-state index contributed by atoms with van der Waals surface area (Å²) in [4.78, 5) is 26.5. The highest BCUT2D eigenvalue weighted by Gasteiger charge is 2.60. The minimum absolute atomic E-state index is 0.0317. The predicted molar refractivity (Wildman–Crippen MR) is 294 cm³/mol. The molecule has 20 atom stereocenters. The summed E-state index contributed by atoms with van der Waals surface area (Å²) in [6.07, 6.45) is 8.55. The van der Waals surface area contributed by atoms with Gasteiger partial charge in [0.2, 0.25) is 0 Å². The van der Waals surface area contributed by atoms with E-state index in [0.29, 0.717) is 49.0 Å². The lowest BCUT2D eigenvalue weighted by molar-refractivity contribution is -0.318. The van der Waals surface area contributed by atoms with Gasteiger partial charge in [-0.15, -0.1) is 0 Å². The Morgan fingerprint density at radius 3 is 2.23 bits per heavy atom. The van der Waals surface area contributed by atoms with E-state index < -0.39 is 96.6 Å². The molecule has 18 nitrogen and oxygen atoms in total. The van der Waals surface area contributed by atoms with Crippen molar-refractivity contribution in [3.63, 3.8) is 0 Å². The number of ether oxygens (including phenoxy) is 11. The fourth-order valence-corrected chi connectivity index (χ4v) is 12.2. The first-order valence-corrected chi connectivity index (χ1v) is 28.2. The Morgan fingerprint density at radius 1 is 0.825 bits per heavy atom. The molecule has 5 N–H and O–H groups in total. The number of ketones is 1. The number of phenols is 2. The third kappa shape index (κ3) is 13.2. The van der Waals surface area contributed by atoms with Gasteiger partial charge in [0.15, 0.2) is 24.2 Å². The zero-order valence-electron chi connectivity index (χ0n) is 48.0. The third-order valence-corrected chi connectivity index (χ3v) is 17.1. The molecule has 2 aromatic rings. The molecule has 440 valence electrons. The van der Waals surface area contributed by atoms with Crippen LogP contribution in [0.3, 0.4) is 0 Å². The monoisotopic (exact) mass is 1120 g/mol. The second-order valence-electron chi connectivity index (χ2n) is 22.7. The lowest BCUT2D eigenvalue weighted by Gasteiger charge is -2.48. The Bertz CT molecular complexity index is 2630. The predicted octanol–water partition coefficient (Wildman–Crippen LogP) is 7.71. The molecule has 1 spiro atoms. The van der Waals surface area contributed by atoms with Crippen molar-refractivity contribution in [3.8, 4) is 17.2 Å². The quantitative estimate of drug-likeness (QED) is 0.0823. The lowest BCUT2D eigenvalue weighted by Crippen LogP contribution is -2.58. The summed E-state index contributed by atoms with van der Waals surface area (Å²) in [6, 6.07) is 10.6. The summed E-state index contributed by atoms with van der Waals surface area (Å²) in [6.45, 7) is 16.1. The van der Waals surface area contributed by atoms with Gasteiger partial charge in [0.25, 0.3) is 0 Å². The molecule has 20 unspecified atom stereocenters. The van der Waals surface area contributed by atoms with Crippen LogP contribution in [0.1, 0.15) is 110 Å². The van der Waals surface area contributed by atoms with E-state index in [1.165, 1.54) is 31.4 Å². The van der Waals surface area contributed by atoms with Crippen LogP contribution in [0.4, 0.5) is 0 Å². The number of para-hydroxylation sites is 1. The second kappa shape index (κ2) is 26.2. The zero-order valence-corrected chi connectivity index (χ0v) is 48.0. The molecule has 0 saturated carbocycles. The van der Waals surface area contributed by atoms with Gasteiger partial charge in [-0.1, -0.05) is 82.7 Å². The molecular weight excluding hydrogens is 1030 g/mol. The molecule has 6 aliphatic heterocycles. The van der Waals surface area contributed by atoms with E-state index in [9.17, 15) is 35.1 Å². The van der Waals surface area contributed by atoms with Crippen molar-refractivity contribution in [2.45, 2.75) is 191 Å². The van der Waals surface area contributed by atoms with E-state index in [0.717, 1.165) is 12.0 Å². The Labute approximate surface area is 470 Å². The average molecular weight is 1120 g/mol. The second-order valence-corrected chi connectivity index (χ2v) is 22.7. The number of aromatic hydroxyl groups is 2. The van der Waals surface area contributed by atoms with Crippen LogP contribution in [-0.4, -0.2) is 162 Å². The molecule has 0 amide bonds. The summed E-state index contributed by atoms with van der Waals surface area (Å²) in [5.74, 6) is -2.83. The lowest BCUT2D eigenvalue weighted by atomic mass is 9.71. The molecule has 0 aromatic heterocycles. The Morgan fingerprint density at radius 2 is 1.52 bits per heavy atom. The van der Waals surface area contributed by atoms with Crippen LogP contribution in [0.25, 0.3) is 0 Å². The van der Waals surface area contributed by atoms with E-state index in [-0.39, 0.29) is 65.3 Å². The van der Waals surface area contributed by atoms with Crippen LogP contribution in [0.5, 0.6) is 17.2 Å². The highest BCUT2D eigenvalue weighted by molar-refractivity contribution is 6.12. The van der Waals surface area contributed by atoms with Gasteiger partial charge >= 0.3 is 5.97 Å². The van der Waals surface area contributed by atoms with Gasteiger partial charge in [-0.05, 0) is 87.1 Å². The fourth-order valence-electron chi connectivity index (χ4n) is 12.2. The van der Waals surface area contributed by atoms with Crippen molar-refractivity contribution in [2.24, 2.45) is 23.7 Å². The average Bonchev–Trinajstić information content (AvgIpc) is 4.01. The first-order valence-electron chi connectivity index (χ1n) is 28.2. The number of hydrogen-bond acceptors (Lipinski definition) is 18. The topological polar surface area (TPSA) is 237 Å². The number of benzene rings is 2. The molecule has 9 rings (SSSR count). The molecule has 18 heteroatoms. The van der Waals surface area contributed by atoms with Gasteiger partial charge in [-0.3, -0.25) is 9.59 Å². The number of carbonyl (C=O) groups excluding carboxylic acids is 2. The zero-order chi connectivity index (χ0) is 57.8. The Hall–Kier alpha value is -4.80. The van der Waals surface area contributed by atoms with Crippen molar-refractivity contribution in [1.29, 1.82) is 0 Å². The summed E-state index contributed by atoms with van der Waals surface area (Å²) in [5, 5.41) is 53.6. The smallest absolute Gasteiger partial charge is 0.316 e. The van der Waals surface area contributed by atoms with Crippen LogP contribution in [0.2, 0.25) is 0 Å². The molecule has 80 heavy (non-hydrogen) atoms. The fraction of sp³-hybridized carbons (Fsp3) is 0.613. The maximum Gasteiger partial charge on any atom is 0.316 e. The van der Waals surface area contributed by atoms with Gasteiger partial charge in [0.05, 0.1) is 67.6 Å². The molecule has 4 fully saturated rings. The number of allylic oxidation sites excluding steroid dienone is 2. The number of rotatable bonds is 11. The Kier molecular flexibility index (Phi) is 20.1. The molecule has 6 heterocycles. The molecular formula is C62H84O18. The number of carbonyl (C=O) groups is 2. The maximum atomic E-state index is 14.3. The molecule has 4 saturated heterocycles. The number of phenolic OH excluding ortho intramolecular Hbond substituents is 2. The standard InChI is InChI=1S/C48H72O14.C14H12O4/c1-11-25(2)43-28(5)17-18-47(62-43)23-34-20-33(61-47)16-15-27(4)42(26(3)13-12-14-32-24-55-45-40(49)29(6)19-35(46(51)58-34)48(32,45)52)59-39-22-37(54-10)44(31(8)57-39)60-38-21-36(53-9)41(50)30(7)56-38;1-18-9-6-7-11(13(16)8-9)14(17)10-4-2-3-5-12(10)15/h12-15,17-19,25-26,28,30-31,33-45,49-50,52H,11,16,20-24H2,1-10H3;2-8,15-16H,1H3. The van der Waals surface area contributed by atoms with Gasteiger partial charge < -0.3 is 77.6 Å². The van der Waals surface area contributed by atoms with Crippen molar-refractivity contribution >= 4 is 11.8 Å². The highest BCUT2D eigenvalue weighted by atomic mass is 16.7. The minimum Gasteiger partial charge on any atom is -0.507 e. The summed E-state index contributed by atoms with van der Waals surface area (Å²) in [5.41, 5.74) is 0.407. The molecule has 2 aromatic carbocycles. The largest absolute Gasteiger partial charge is 0.507 e. The number of hydrogen-bond donors (Lipinski definition) is 5. The van der Waals surface area contributed by atoms with Crippen molar-refractivity contribution in [1.82, 2.24) is 0 Å². The van der Waals surface area contributed by atoms with Crippen molar-refractivity contribution < 1.29 is 87.2 Å². The van der Waals surface area contributed by atoms with Gasteiger partial charge in [0, 0.05) is 57.8 Å². The maximum absolute atomic E-state index is 14.3. The van der Waals surface area contributed by atoms with Crippen LogP contribution >= 0.6 is 0 Å². The van der Waals surface area contributed by atoms with E-state index in [4.69, 9.17) is 52.1 Å². The van der Waals surface area contributed by atoms with E-state index in [2.05, 4.69) is 39.8 Å². The first kappa shape index (κ1) is 61.3. The van der Waals surface area contributed by atoms with Gasteiger partial charge in [-0.25, -0.2) is 0 Å². The van der Waals surface area contributed by atoms with E-state index in [1.54, 1.807) is 58.4 Å². The van der Waals surface area contributed by atoms with Crippen LogP contribution < -0.4 is 4.74 Å². The van der Waals surface area contributed by atoms with Crippen LogP contribution in [0, 0.1) is 23.7 Å². The van der Waals surface area contributed by atoms with Crippen LogP contribution in [-0.2, 0) is 52.2 Å². The summed E-state index contributed by atoms with van der Waals surface area (Å²) >= 11 is 0.